The molecule has 14 heteroatoms. The average Bonchev–Trinajstić information content (AvgIpc) is 3.19. The van der Waals surface area contributed by atoms with Gasteiger partial charge in [-0.1, -0.05) is 17.7 Å². The summed E-state index contributed by atoms with van der Waals surface area (Å²) < 4.78 is 52.7. The van der Waals surface area contributed by atoms with Crippen LogP contribution < -0.4 is 25.4 Å². The molecule has 0 spiro atoms. The zero-order valence-corrected chi connectivity index (χ0v) is 20.7. The van der Waals surface area contributed by atoms with Crippen molar-refractivity contribution in [3.05, 3.63) is 64.8 Å². The van der Waals surface area contributed by atoms with Crippen LogP contribution in [0.1, 0.15) is 12.1 Å². The van der Waals surface area contributed by atoms with Gasteiger partial charge in [-0.25, -0.2) is 0 Å². The van der Waals surface area contributed by atoms with Crippen LogP contribution in [0.4, 0.5) is 13.2 Å². The molecule has 10 nitrogen and oxygen atoms in total. The molecule has 0 aliphatic carbocycles. The standard InChI is InChI=1S/C23H27ClF3N5O5/c1-28-20-19(21(34)29-8-3-9-33)32(14-16-7-6-15(24)13-30-16)22(31-20)36-11-10-35-17-4-2-5-18(12-17)37-23(25,26)27/h2,4-7,12-13,22,28,31,33H,3,8-11,14H2,1H3,(H,29,34)/p+1. The lowest BCUT2D eigenvalue weighted by atomic mass is 10.3. The Balaban J connectivity index is 1.66. The van der Waals surface area contributed by atoms with E-state index < -0.39 is 18.5 Å². The summed E-state index contributed by atoms with van der Waals surface area (Å²) in [5.41, 5.74) is 0.929. The predicted octanol–water partition coefficient (Wildman–Crippen LogP) is 2.04. The quantitative estimate of drug-likeness (QED) is 0.258. The molecule has 0 saturated carbocycles. The van der Waals surface area contributed by atoms with Crippen molar-refractivity contribution in [1.82, 2.24) is 25.8 Å². The Kier molecular flexibility index (Phi) is 10.1. The van der Waals surface area contributed by atoms with Crippen LogP contribution in [0.3, 0.4) is 0 Å². The fourth-order valence-electron chi connectivity index (χ4n) is 3.39. The number of carbonyl (C=O) groups excluding carboxylic acids is 1. The number of nitrogens with one attached hydrogen (secondary N) is 3. The highest BCUT2D eigenvalue weighted by Crippen LogP contribution is 2.26. The van der Waals surface area contributed by atoms with Gasteiger partial charge in [-0.3, -0.25) is 9.78 Å². The van der Waals surface area contributed by atoms with Crippen molar-refractivity contribution in [2.75, 3.05) is 33.4 Å². The Morgan fingerprint density at radius 1 is 1.24 bits per heavy atom. The minimum absolute atomic E-state index is 0.0145. The molecular formula is C23H28ClF3N5O5+. The normalized spacial score (nSPS) is 15.4. The number of nitrogens with zero attached hydrogens (tertiary/aromatic N) is 2. The van der Waals surface area contributed by atoms with E-state index in [1.165, 1.54) is 24.4 Å². The lowest BCUT2D eigenvalue weighted by molar-refractivity contribution is -0.274. The molecule has 1 amide bonds. The van der Waals surface area contributed by atoms with Crippen molar-refractivity contribution < 1.29 is 37.3 Å². The van der Waals surface area contributed by atoms with Gasteiger partial charge in [-0.05, 0) is 24.3 Å². The van der Waals surface area contributed by atoms with E-state index in [4.69, 9.17) is 26.2 Å². The first-order chi connectivity index (χ1) is 17.7. The molecule has 2 aromatic rings. The molecule has 2 heterocycles. The lowest BCUT2D eigenvalue weighted by Gasteiger charge is -2.28. The topological polar surface area (TPSA) is 120 Å². The van der Waals surface area contributed by atoms with Gasteiger partial charge in [0.1, 0.15) is 36.2 Å². The first kappa shape index (κ1) is 28.2. The molecule has 1 aliphatic heterocycles. The van der Waals surface area contributed by atoms with Crippen LogP contribution in [0.5, 0.6) is 11.5 Å². The van der Waals surface area contributed by atoms with Gasteiger partial charge in [-0.2, -0.15) is 0 Å². The second-order valence-electron chi connectivity index (χ2n) is 7.67. The Morgan fingerprint density at radius 2 is 2.03 bits per heavy atom. The first-order valence-electron chi connectivity index (χ1n) is 11.3. The van der Waals surface area contributed by atoms with Gasteiger partial charge in [0.2, 0.25) is 6.35 Å². The monoisotopic (exact) mass is 546 g/mol. The van der Waals surface area contributed by atoms with Gasteiger partial charge < -0.3 is 40.2 Å². The largest absolute Gasteiger partial charge is 0.573 e. The molecular weight excluding hydrogens is 519 g/mol. The summed E-state index contributed by atoms with van der Waals surface area (Å²) in [5, 5.41) is 16.6. The fraction of sp³-hybridized carbons (Fsp3) is 0.391. The lowest BCUT2D eigenvalue weighted by Crippen LogP contribution is -2.43. The molecule has 3 rings (SSSR count). The number of hydrogen-bond acceptors (Lipinski definition) is 8. The first-order valence-corrected chi connectivity index (χ1v) is 11.7. The minimum Gasteiger partial charge on any atom is -0.491 e. The van der Waals surface area contributed by atoms with Crippen molar-refractivity contribution in [3.8, 4) is 11.5 Å². The van der Waals surface area contributed by atoms with Gasteiger partial charge >= 0.3 is 6.36 Å². The zero-order chi connectivity index (χ0) is 26.8. The third-order valence-electron chi connectivity index (χ3n) is 4.97. The molecule has 37 heavy (non-hydrogen) atoms. The number of pyridine rings is 1. The number of amides is 1. The molecule has 1 aliphatic rings. The molecule has 1 unspecified atom stereocenters. The summed E-state index contributed by atoms with van der Waals surface area (Å²) in [7, 11) is 1.65. The van der Waals surface area contributed by atoms with Crippen molar-refractivity contribution in [3.63, 3.8) is 0 Å². The molecule has 5 N–H and O–H groups in total. The van der Waals surface area contributed by atoms with Crippen molar-refractivity contribution in [2.24, 2.45) is 0 Å². The second-order valence-corrected chi connectivity index (χ2v) is 8.10. The predicted molar refractivity (Wildman–Crippen MR) is 128 cm³/mol. The van der Waals surface area contributed by atoms with Crippen LogP contribution in [0, 0.1) is 0 Å². The average molecular weight is 547 g/mol. The van der Waals surface area contributed by atoms with Crippen molar-refractivity contribution in [1.29, 1.82) is 0 Å². The van der Waals surface area contributed by atoms with E-state index >= 15 is 0 Å². The van der Waals surface area contributed by atoms with Gasteiger partial charge in [0.15, 0.2) is 0 Å². The third kappa shape index (κ3) is 8.58. The van der Waals surface area contributed by atoms with Crippen LogP contribution in [0.25, 0.3) is 0 Å². The van der Waals surface area contributed by atoms with Gasteiger partial charge in [0.05, 0.1) is 23.9 Å². The number of alkyl halides is 3. The SMILES string of the molecule is CNC1=C(C(=O)NCCC[OH2+])N(Cc2ccc(Cl)cn2)C(OCCOc2cccc(OC(F)(F)F)c2)N1. The van der Waals surface area contributed by atoms with Crippen LogP contribution in [0.2, 0.25) is 5.02 Å². The van der Waals surface area contributed by atoms with E-state index in [-0.39, 0.29) is 38.0 Å². The molecule has 0 bridgehead atoms. The highest BCUT2D eigenvalue weighted by Gasteiger charge is 2.36. The maximum absolute atomic E-state index is 13.0. The van der Waals surface area contributed by atoms with Crippen molar-refractivity contribution >= 4 is 17.5 Å². The summed E-state index contributed by atoms with van der Waals surface area (Å²) in [6, 6.07) is 8.58. The van der Waals surface area contributed by atoms with Crippen LogP contribution in [-0.4, -0.2) is 67.0 Å². The minimum atomic E-state index is -4.80. The highest BCUT2D eigenvalue weighted by molar-refractivity contribution is 6.30. The summed E-state index contributed by atoms with van der Waals surface area (Å²) in [6.45, 7) is 0.787. The van der Waals surface area contributed by atoms with Crippen LogP contribution in [0.15, 0.2) is 54.1 Å². The Labute approximate surface area is 216 Å². The van der Waals surface area contributed by atoms with Crippen molar-refractivity contribution in [2.45, 2.75) is 25.7 Å². The Hall–Kier alpha value is -3.42. The molecule has 1 atom stereocenters. The molecule has 0 radical (unpaired) electrons. The summed E-state index contributed by atoms with van der Waals surface area (Å²) in [5.74, 6) is -0.146. The maximum Gasteiger partial charge on any atom is 0.573 e. The van der Waals surface area contributed by atoms with E-state index in [9.17, 15) is 18.0 Å². The van der Waals surface area contributed by atoms with E-state index in [0.717, 1.165) is 6.07 Å². The molecule has 0 fully saturated rings. The van der Waals surface area contributed by atoms with Crippen LogP contribution in [-0.2, 0) is 16.1 Å². The third-order valence-corrected chi connectivity index (χ3v) is 5.19. The Morgan fingerprint density at radius 3 is 2.70 bits per heavy atom. The maximum atomic E-state index is 13.0. The van der Waals surface area contributed by atoms with Crippen LogP contribution >= 0.6 is 11.6 Å². The second kappa shape index (κ2) is 13.2. The number of benzene rings is 1. The molecule has 1 aromatic heterocycles. The zero-order valence-electron chi connectivity index (χ0n) is 19.9. The van der Waals surface area contributed by atoms with E-state index in [1.54, 1.807) is 24.1 Å². The summed E-state index contributed by atoms with van der Waals surface area (Å²) in [6.07, 6.45) is -3.58. The number of aromatic nitrogens is 1. The number of halogens is 4. The number of carbonyl (C=O) groups is 1. The number of hydrogen-bond donors (Lipinski definition) is 3. The Bertz CT molecular complexity index is 1070. The van der Waals surface area contributed by atoms with E-state index in [1.807, 2.05) is 0 Å². The highest BCUT2D eigenvalue weighted by atomic mass is 35.5. The molecule has 202 valence electrons. The van der Waals surface area contributed by atoms with Gasteiger partial charge in [-0.15, -0.1) is 13.2 Å². The summed E-state index contributed by atoms with van der Waals surface area (Å²) in [4.78, 5) is 18.9. The smallest absolute Gasteiger partial charge is 0.491 e. The molecule has 0 saturated heterocycles. The van der Waals surface area contributed by atoms with Gasteiger partial charge in [0, 0.05) is 32.3 Å². The fourth-order valence-corrected chi connectivity index (χ4v) is 3.50. The van der Waals surface area contributed by atoms with E-state index in [2.05, 4.69) is 25.7 Å². The number of rotatable bonds is 13. The van der Waals surface area contributed by atoms with Gasteiger partial charge in [0.25, 0.3) is 5.91 Å². The number of ether oxygens (including phenoxy) is 3. The van der Waals surface area contributed by atoms with E-state index in [0.29, 0.717) is 35.2 Å². The summed E-state index contributed by atoms with van der Waals surface area (Å²) >= 11 is 5.94. The molecule has 1 aromatic carbocycles.